The van der Waals surface area contributed by atoms with Crippen LogP contribution in [0.4, 0.5) is 11.4 Å². The summed E-state index contributed by atoms with van der Waals surface area (Å²) in [5.74, 6) is 0.835. The highest BCUT2D eigenvalue weighted by atomic mass is 35.5. The van der Waals surface area contributed by atoms with Crippen molar-refractivity contribution in [3.63, 3.8) is 0 Å². The zero-order valence-corrected chi connectivity index (χ0v) is 11.8. The van der Waals surface area contributed by atoms with Crippen LogP contribution in [-0.2, 0) is 6.54 Å². The number of nitrogens with zero attached hydrogens (tertiary/aromatic N) is 1. The van der Waals surface area contributed by atoms with Gasteiger partial charge < -0.3 is 15.4 Å². The molecule has 0 spiro atoms. The fraction of sp³-hybridized carbons (Fsp3) is 0.200. The van der Waals surface area contributed by atoms with Gasteiger partial charge in [0.05, 0.1) is 17.8 Å². The molecule has 0 saturated carbocycles. The van der Waals surface area contributed by atoms with Gasteiger partial charge in [-0.25, -0.2) is 0 Å². The predicted molar refractivity (Wildman–Crippen MR) is 80.4 cm³/mol. The van der Waals surface area contributed by atoms with E-state index < -0.39 is 0 Å². The summed E-state index contributed by atoms with van der Waals surface area (Å²) in [6.45, 7) is 0.492. The summed E-state index contributed by atoms with van der Waals surface area (Å²) >= 11 is 6.29. The van der Waals surface area contributed by atoms with Crippen molar-refractivity contribution in [2.45, 2.75) is 6.54 Å². The second kappa shape index (κ2) is 5.95. The largest absolute Gasteiger partial charge is 0.497 e. The lowest BCUT2D eigenvalue weighted by atomic mass is 10.2. The third-order valence-electron chi connectivity index (χ3n) is 3.07. The maximum Gasteiger partial charge on any atom is 0.119 e. The van der Waals surface area contributed by atoms with Crippen LogP contribution in [0.2, 0.25) is 5.02 Å². The van der Waals surface area contributed by atoms with Gasteiger partial charge in [-0.05, 0) is 42.0 Å². The number of benzene rings is 2. The number of hydrogen-bond acceptors (Lipinski definition) is 3. The molecule has 3 nitrogen and oxygen atoms in total. The lowest BCUT2D eigenvalue weighted by Gasteiger charge is -2.21. The molecule has 0 fully saturated rings. The summed E-state index contributed by atoms with van der Waals surface area (Å²) in [5, 5.41) is 0.696. The molecule has 0 bridgehead atoms. The third kappa shape index (κ3) is 3.00. The highest BCUT2D eigenvalue weighted by Crippen LogP contribution is 2.31. The van der Waals surface area contributed by atoms with Crippen molar-refractivity contribution < 1.29 is 4.74 Å². The smallest absolute Gasteiger partial charge is 0.119 e. The van der Waals surface area contributed by atoms with Gasteiger partial charge >= 0.3 is 0 Å². The van der Waals surface area contributed by atoms with E-state index in [9.17, 15) is 0 Å². The maximum atomic E-state index is 6.29. The van der Waals surface area contributed by atoms with Gasteiger partial charge in [0, 0.05) is 19.3 Å². The number of hydrogen-bond donors (Lipinski definition) is 1. The molecule has 2 rings (SSSR count). The van der Waals surface area contributed by atoms with Crippen LogP contribution in [0.5, 0.6) is 5.75 Å². The molecular weight excluding hydrogens is 260 g/mol. The van der Waals surface area contributed by atoms with E-state index in [1.165, 1.54) is 0 Å². The fourth-order valence-corrected chi connectivity index (χ4v) is 2.22. The zero-order valence-electron chi connectivity index (χ0n) is 11.1. The van der Waals surface area contributed by atoms with Crippen LogP contribution in [0.15, 0.2) is 42.5 Å². The van der Waals surface area contributed by atoms with E-state index in [4.69, 9.17) is 22.1 Å². The molecule has 2 aromatic rings. The molecule has 0 aliphatic rings. The Kier molecular flexibility index (Phi) is 4.30. The van der Waals surface area contributed by atoms with Crippen LogP contribution in [0.1, 0.15) is 5.56 Å². The normalized spacial score (nSPS) is 10.3. The number of rotatable bonds is 4. The predicted octanol–water partition coefficient (Wildman–Crippen LogP) is 3.58. The zero-order chi connectivity index (χ0) is 13.8. The Morgan fingerprint density at radius 3 is 2.37 bits per heavy atom. The molecular formula is C15H17ClN2O. The quantitative estimate of drug-likeness (QED) is 0.928. The molecule has 0 aromatic heterocycles. The molecule has 0 radical (unpaired) electrons. The minimum Gasteiger partial charge on any atom is -0.497 e. The Morgan fingerprint density at radius 1 is 1.16 bits per heavy atom. The first-order valence-electron chi connectivity index (χ1n) is 6.02. The van der Waals surface area contributed by atoms with Gasteiger partial charge in [0.25, 0.3) is 0 Å². The molecule has 0 unspecified atom stereocenters. The third-order valence-corrected chi connectivity index (χ3v) is 3.37. The molecule has 0 heterocycles. The number of anilines is 2. The second-order valence-corrected chi connectivity index (χ2v) is 4.65. The van der Waals surface area contributed by atoms with E-state index in [1.54, 1.807) is 7.11 Å². The summed E-state index contributed by atoms with van der Waals surface area (Å²) in [6, 6.07) is 13.7. The molecule has 2 N–H and O–H groups in total. The van der Waals surface area contributed by atoms with Crippen LogP contribution in [0.3, 0.4) is 0 Å². The number of methoxy groups -OCH3 is 1. The fourth-order valence-electron chi connectivity index (χ4n) is 1.89. The van der Waals surface area contributed by atoms with Crippen molar-refractivity contribution in [3.8, 4) is 5.75 Å². The maximum absolute atomic E-state index is 6.29. The summed E-state index contributed by atoms with van der Waals surface area (Å²) in [5.41, 5.74) is 8.62. The van der Waals surface area contributed by atoms with Crippen molar-refractivity contribution in [2.75, 3.05) is 19.1 Å². The standard InChI is InChI=1S/C15H17ClN2O/c1-18(12-4-6-13(19-2)7-5-12)15-8-3-11(10-17)9-14(15)16/h3-9H,10,17H2,1-2H3. The minimum absolute atomic E-state index is 0.492. The molecule has 0 atom stereocenters. The van der Waals surface area contributed by atoms with Crippen LogP contribution < -0.4 is 15.4 Å². The van der Waals surface area contributed by atoms with Gasteiger partial charge in [-0.1, -0.05) is 17.7 Å². The van der Waals surface area contributed by atoms with Crippen molar-refractivity contribution in [3.05, 3.63) is 53.1 Å². The number of halogens is 1. The van der Waals surface area contributed by atoms with Crippen LogP contribution in [-0.4, -0.2) is 14.2 Å². The van der Waals surface area contributed by atoms with E-state index >= 15 is 0 Å². The molecule has 0 amide bonds. The molecule has 0 saturated heterocycles. The summed E-state index contributed by atoms with van der Waals surface area (Å²) in [4.78, 5) is 2.03. The molecule has 19 heavy (non-hydrogen) atoms. The van der Waals surface area contributed by atoms with Crippen molar-refractivity contribution in [1.82, 2.24) is 0 Å². The summed E-state index contributed by atoms with van der Waals surface area (Å²) < 4.78 is 5.15. The Labute approximate surface area is 118 Å². The lowest BCUT2D eigenvalue weighted by molar-refractivity contribution is 0.415. The topological polar surface area (TPSA) is 38.5 Å². The van der Waals surface area contributed by atoms with Crippen molar-refractivity contribution >= 4 is 23.0 Å². The van der Waals surface area contributed by atoms with Crippen LogP contribution in [0, 0.1) is 0 Å². The molecule has 2 aromatic carbocycles. The first kappa shape index (κ1) is 13.7. The first-order valence-corrected chi connectivity index (χ1v) is 6.39. The van der Waals surface area contributed by atoms with E-state index in [-0.39, 0.29) is 0 Å². The van der Waals surface area contributed by atoms with Gasteiger partial charge in [-0.15, -0.1) is 0 Å². The highest BCUT2D eigenvalue weighted by molar-refractivity contribution is 6.33. The van der Waals surface area contributed by atoms with Crippen LogP contribution >= 0.6 is 11.6 Å². The highest BCUT2D eigenvalue weighted by Gasteiger charge is 2.08. The molecule has 0 aliphatic carbocycles. The van der Waals surface area contributed by atoms with Crippen molar-refractivity contribution in [1.29, 1.82) is 0 Å². The van der Waals surface area contributed by atoms with E-state index in [1.807, 2.05) is 54.4 Å². The van der Waals surface area contributed by atoms with Crippen LogP contribution in [0.25, 0.3) is 0 Å². The lowest BCUT2D eigenvalue weighted by Crippen LogP contribution is -2.10. The average molecular weight is 277 g/mol. The van der Waals surface area contributed by atoms with Gasteiger partial charge in [0.1, 0.15) is 5.75 Å². The Hall–Kier alpha value is -1.71. The average Bonchev–Trinajstić information content (AvgIpc) is 2.46. The van der Waals surface area contributed by atoms with Gasteiger partial charge in [-0.3, -0.25) is 0 Å². The number of ether oxygens (including phenoxy) is 1. The summed E-state index contributed by atoms with van der Waals surface area (Å²) in [7, 11) is 3.63. The minimum atomic E-state index is 0.492. The van der Waals surface area contributed by atoms with E-state index in [2.05, 4.69) is 0 Å². The monoisotopic (exact) mass is 276 g/mol. The van der Waals surface area contributed by atoms with Gasteiger partial charge in [-0.2, -0.15) is 0 Å². The van der Waals surface area contributed by atoms with E-state index in [0.29, 0.717) is 11.6 Å². The van der Waals surface area contributed by atoms with Crippen molar-refractivity contribution in [2.24, 2.45) is 5.73 Å². The van der Waals surface area contributed by atoms with Gasteiger partial charge in [0.2, 0.25) is 0 Å². The first-order chi connectivity index (χ1) is 9.15. The number of nitrogens with two attached hydrogens (primary N) is 1. The molecule has 100 valence electrons. The molecule has 4 heteroatoms. The molecule has 0 aliphatic heterocycles. The van der Waals surface area contributed by atoms with E-state index in [0.717, 1.165) is 22.7 Å². The Morgan fingerprint density at radius 2 is 1.84 bits per heavy atom. The Bertz CT molecular complexity index is 555. The second-order valence-electron chi connectivity index (χ2n) is 4.25. The summed E-state index contributed by atoms with van der Waals surface area (Å²) in [6.07, 6.45) is 0. The van der Waals surface area contributed by atoms with Gasteiger partial charge in [0.15, 0.2) is 0 Å². The SMILES string of the molecule is COc1ccc(N(C)c2ccc(CN)cc2Cl)cc1. The Balaban J connectivity index is 2.29.